The van der Waals surface area contributed by atoms with Gasteiger partial charge < -0.3 is 24.8 Å². The summed E-state index contributed by atoms with van der Waals surface area (Å²) in [6.45, 7) is 0.135. The number of amides is 4. The number of nitrogens with zero attached hydrogens (tertiary/aromatic N) is 3. The SMILES string of the molecule is COc1ccc(N(C)C(=O)[C@H](Cc2ccccc2)NC(=O)CN2CCN(C(=O)c3ccc(Cl)cc3)CC2=O)cc1. The fourth-order valence-corrected chi connectivity index (χ4v) is 4.58. The lowest BCUT2D eigenvalue weighted by Gasteiger charge is -2.34. The molecule has 1 atom stereocenters. The van der Waals surface area contributed by atoms with Crippen LogP contribution >= 0.6 is 11.6 Å². The van der Waals surface area contributed by atoms with Crippen molar-refractivity contribution in [3.05, 3.63) is 95.0 Å². The lowest BCUT2D eigenvalue weighted by Crippen LogP contribution is -2.56. The maximum atomic E-state index is 13.5. The van der Waals surface area contributed by atoms with Gasteiger partial charge in [-0.05, 0) is 54.1 Å². The molecule has 0 bridgehead atoms. The second-order valence-corrected chi connectivity index (χ2v) is 9.89. The van der Waals surface area contributed by atoms with Gasteiger partial charge in [-0.15, -0.1) is 0 Å². The van der Waals surface area contributed by atoms with Gasteiger partial charge in [0.2, 0.25) is 17.7 Å². The van der Waals surface area contributed by atoms with Crippen LogP contribution in [-0.4, -0.2) is 79.8 Å². The van der Waals surface area contributed by atoms with Crippen molar-refractivity contribution in [3.63, 3.8) is 0 Å². The normalized spacial score (nSPS) is 13.9. The van der Waals surface area contributed by atoms with Crippen molar-refractivity contribution >= 4 is 40.9 Å². The third kappa shape index (κ3) is 7.18. The zero-order valence-electron chi connectivity index (χ0n) is 22.4. The number of ether oxygens (including phenoxy) is 1. The average molecular weight is 563 g/mol. The Morgan fingerprint density at radius 2 is 1.65 bits per heavy atom. The smallest absolute Gasteiger partial charge is 0.254 e. The van der Waals surface area contributed by atoms with E-state index >= 15 is 0 Å². The fourth-order valence-electron chi connectivity index (χ4n) is 4.45. The van der Waals surface area contributed by atoms with Crippen LogP contribution in [0.4, 0.5) is 5.69 Å². The van der Waals surface area contributed by atoms with Crippen molar-refractivity contribution in [2.45, 2.75) is 12.5 Å². The van der Waals surface area contributed by atoms with E-state index in [1.807, 2.05) is 30.3 Å². The summed E-state index contributed by atoms with van der Waals surface area (Å²) in [7, 11) is 3.21. The van der Waals surface area contributed by atoms with Crippen LogP contribution in [0.5, 0.6) is 5.75 Å². The highest BCUT2D eigenvalue weighted by Gasteiger charge is 2.31. The molecule has 40 heavy (non-hydrogen) atoms. The molecule has 1 heterocycles. The van der Waals surface area contributed by atoms with E-state index in [1.54, 1.807) is 62.7 Å². The van der Waals surface area contributed by atoms with E-state index in [4.69, 9.17) is 16.3 Å². The van der Waals surface area contributed by atoms with E-state index in [1.165, 1.54) is 14.7 Å². The molecule has 3 aromatic carbocycles. The Balaban J connectivity index is 1.40. The van der Waals surface area contributed by atoms with Crippen molar-refractivity contribution < 1.29 is 23.9 Å². The van der Waals surface area contributed by atoms with Gasteiger partial charge in [-0.2, -0.15) is 0 Å². The van der Waals surface area contributed by atoms with Crippen LogP contribution in [-0.2, 0) is 20.8 Å². The minimum atomic E-state index is -0.857. The Labute approximate surface area is 238 Å². The zero-order valence-corrected chi connectivity index (χ0v) is 23.1. The van der Waals surface area contributed by atoms with Crippen molar-refractivity contribution in [2.24, 2.45) is 0 Å². The van der Waals surface area contributed by atoms with Gasteiger partial charge in [0.25, 0.3) is 5.91 Å². The van der Waals surface area contributed by atoms with Crippen molar-refractivity contribution in [2.75, 3.05) is 45.2 Å². The van der Waals surface area contributed by atoms with Gasteiger partial charge in [0, 0.05) is 42.8 Å². The maximum absolute atomic E-state index is 13.5. The molecule has 0 saturated carbocycles. The van der Waals surface area contributed by atoms with E-state index in [9.17, 15) is 19.2 Å². The Morgan fingerprint density at radius 1 is 0.975 bits per heavy atom. The number of hydrogen-bond donors (Lipinski definition) is 1. The molecule has 4 rings (SSSR count). The average Bonchev–Trinajstić information content (AvgIpc) is 2.97. The first-order valence-corrected chi connectivity index (χ1v) is 13.2. The highest BCUT2D eigenvalue weighted by Crippen LogP contribution is 2.20. The van der Waals surface area contributed by atoms with Crippen LogP contribution in [0.2, 0.25) is 5.02 Å². The summed E-state index contributed by atoms with van der Waals surface area (Å²) < 4.78 is 5.20. The van der Waals surface area contributed by atoms with Gasteiger partial charge >= 0.3 is 0 Å². The number of benzene rings is 3. The van der Waals surface area contributed by atoms with Crippen molar-refractivity contribution in [1.82, 2.24) is 15.1 Å². The Morgan fingerprint density at radius 3 is 2.27 bits per heavy atom. The Hall–Kier alpha value is -4.37. The van der Waals surface area contributed by atoms with E-state index in [2.05, 4.69) is 5.32 Å². The number of likely N-dealkylation sites (N-methyl/N-ethyl adjacent to an activating group) is 1. The first-order valence-electron chi connectivity index (χ1n) is 12.8. The van der Waals surface area contributed by atoms with Crippen molar-refractivity contribution in [3.8, 4) is 5.75 Å². The second-order valence-electron chi connectivity index (χ2n) is 9.45. The summed E-state index contributed by atoms with van der Waals surface area (Å²) in [6, 6.07) is 22.1. The summed E-state index contributed by atoms with van der Waals surface area (Å²) in [5.74, 6) is -0.706. The number of hydrogen-bond acceptors (Lipinski definition) is 5. The molecule has 3 aromatic rings. The molecule has 0 unspecified atom stereocenters. The van der Waals surface area contributed by atoms with Gasteiger partial charge in [-0.3, -0.25) is 19.2 Å². The summed E-state index contributed by atoms with van der Waals surface area (Å²) >= 11 is 5.90. The second kappa shape index (κ2) is 13.1. The van der Waals surface area contributed by atoms with Crippen LogP contribution < -0.4 is 15.0 Å². The van der Waals surface area contributed by atoms with E-state index < -0.39 is 11.9 Å². The minimum Gasteiger partial charge on any atom is -0.497 e. The molecule has 208 valence electrons. The third-order valence-electron chi connectivity index (χ3n) is 6.74. The lowest BCUT2D eigenvalue weighted by atomic mass is 10.0. The molecule has 0 aromatic heterocycles. The number of halogens is 1. The predicted octanol–water partition coefficient (Wildman–Crippen LogP) is 3.02. The van der Waals surface area contributed by atoms with Gasteiger partial charge in [-0.1, -0.05) is 41.9 Å². The number of piperazine rings is 1. The molecule has 1 N–H and O–H groups in total. The van der Waals surface area contributed by atoms with Gasteiger partial charge in [0.05, 0.1) is 13.7 Å². The van der Waals surface area contributed by atoms with Gasteiger partial charge in [-0.25, -0.2) is 0 Å². The summed E-state index contributed by atoms with van der Waals surface area (Å²) in [4.78, 5) is 56.6. The predicted molar refractivity (Wildman–Crippen MR) is 152 cm³/mol. The largest absolute Gasteiger partial charge is 0.497 e. The number of methoxy groups -OCH3 is 1. The molecular weight excluding hydrogens is 532 g/mol. The molecule has 0 radical (unpaired) electrons. The number of carbonyl (C=O) groups excluding carboxylic acids is 4. The van der Waals surface area contributed by atoms with E-state index in [-0.39, 0.29) is 50.3 Å². The number of rotatable bonds is 9. The first kappa shape index (κ1) is 28.6. The molecule has 0 aliphatic carbocycles. The lowest BCUT2D eigenvalue weighted by molar-refractivity contribution is -0.139. The molecule has 1 aliphatic rings. The zero-order chi connectivity index (χ0) is 28.6. The monoisotopic (exact) mass is 562 g/mol. The summed E-state index contributed by atoms with van der Waals surface area (Å²) in [5.41, 5.74) is 1.97. The molecule has 4 amide bonds. The van der Waals surface area contributed by atoms with Crippen LogP contribution in [0.1, 0.15) is 15.9 Å². The number of carbonyl (C=O) groups is 4. The van der Waals surface area contributed by atoms with E-state index in [0.29, 0.717) is 22.0 Å². The molecule has 0 spiro atoms. The van der Waals surface area contributed by atoms with Crippen LogP contribution in [0, 0.1) is 0 Å². The summed E-state index contributed by atoms with van der Waals surface area (Å²) in [5, 5.41) is 3.35. The topological polar surface area (TPSA) is 99.3 Å². The van der Waals surface area contributed by atoms with Crippen LogP contribution in [0.15, 0.2) is 78.9 Å². The van der Waals surface area contributed by atoms with Crippen LogP contribution in [0.25, 0.3) is 0 Å². The van der Waals surface area contributed by atoms with Crippen molar-refractivity contribution in [1.29, 1.82) is 0 Å². The minimum absolute atomic E-state index is 0.138. The summed E-state index contributed by atoms with van der Waals surface area (Å²) in [6.07, 6.45) is 0.281. The highest BCUT2D eigenvalue weighted by molar-refractivity contribution is 6.30. The number of nitrogens with one attached hydrogen (secondary N) is 1. The van der Waals surface area contributed by atoms with E-state index in [0.717, 1.165) is 5.56 Å². The highest BCUT2D eigenvalue weighted by atomic mass is 35.5. The quantitative estimate of drug-likeness (QED) is 0.432. The molecule has 10 heteroatoms. The molecule has 1 aliphatic heterocycles. The standard InChI is InChI=1S/C30H31ClN4O5/c1-33(24-12-14-25(40-2)15-13-24)30(39)26(18-21-6-4-3-5-7-21)32-27(36)19-34-16-17-35(20-28(34)37)29(38)22-8-10-23(31)11-9-22/h3-15,26H,16-20H2,1-2H3,(H,32,36)/t26-/m0/s1. The molecule has 1 fully saturated rings. The molecule has 1 saturated heterocycles. The molecular formula is C30H31ClN4O5. The van der Waals surface area contributed by atoms with Gasteiger partial charge in [0.1, 0.15) is 18.3 Å². The molecule has 9 nitrogen and oxygen atoms in total. The maximum Gasteiger partial charge on any atom is 0.254 e. The third-order valence-corrected chi connectivity index (χ3v) is 6.99. The first-order chi connectivity index (χ1) is 19.2. The fraction of sp³-hybridized carbons (Fsp3) is 0.267. The Kier molecular flexibility index (Phi) is 9.39. The van der Waals surface area contributed by atoms with Crippen LogP contribution in [0.3, 0.4) is 0 Å². The Bertz CT molecular complexity index is 1350. The number of anilines is 1. The van der Waals surface area contributed by atoms with Gasteiger partial charge in [0.15, 0.2) is 0 Å².